The summed E-state index contributed by atoms with van der Waals surface area (Å²) in [5, 5.41) is 14.3. The van der Waals surface area contributed by atoms with E-state index in [9.17, 15) is 50.6 Å². The molecule has 10 nitrogen and oxygen atoms in total. The van der Waals surface area contributed by atoms with Gasteiger partial charge in [0.1, 0.15) is 6.61 Å². The number of ether oxygens (including phenoxy) is 1. The van der Waals surface area contributed by atoms with Crippen molar-refractivity contribution in [3.05, 3.63) is 70.0 Å². The first-order valence-corrected chi connectivity index (χ1v) is 16.1. The van der Waals surface area contributed by atoms with Crippen molar-refractivity contribution >= 4 is 35.3 Å². The monoisotopic (exact) mass is 771 g/mol. The number of carboxylic acids is 1. The molecule has 0 aromatic heterocycles. The minimum absolute atomic E-state index is 0. The van der Waals surface area contributed by atoms with Crippen molar-refractivity contribution in [3.8, 4) is 0 Å². The summed E-state index contributed by atoms with van der Waals surface area (Å²) in [5.74, 6) is -4.32. The summed E-state index contributed by atoms with van der Waals surface area (Å²) in [6, 6.07) is 4.20. The van der Waals surface area contributed by atoms with Gasteiger partial charge in [0.2, 0.25) is 5.91 Å². The van der Waals surface area contributed by atoms with Crippen LogP contribution in [-0.4, -0.2) is 83.3 Å². The Labute approximate surface area is 301 Å². The van der Waals surface area contributed by atoms with Crippen LogP contribution in [0, 0.1) is 5.92 Å². The van der Waals surface area contributed by atoms with Gasteiger partial charge in [0.25, 0.3) is 0 Å². The van der Waals surface area contributed by atoms with E-state index in [2.05, 4.69) is 10.3 Å². The number of alkyl halides is 6. The van der Waals surface area contributed by atoms with Gasteiger partial charge in [0, 0.05) is 35.0 Å². The van der Waals surface area contributed by atoms with Crippen molar-refractivity contribution < 1.29 is 71.9 Å². The third kappa shape index (κ3) is 12.3. The van der Waals surface area contributed by atoms with Crippen molar-refractivity contribution in [2.45, 2.75) is 71.3 Å². The molecule has 1 aliphatic rings. The third-order valence-electron chi connectivity index (χ3n) is 7.90. The van der Waals surface area contributed by atoms with Crippen LogP contribution < -0.4 is 0 Å². The number of benzene rings is 2. The van der Waals surface area contributed by atoms with Gasteiger partial charge in [-0.3, -0.25) is 14.7 Å². The molecule has 2 atom stereocenters. The Balaban J connectivity index is 0.00000901. The maximum absolute atomic E-state index is 13.9. The first-order chi connectivity index (χ1) is 23.5. The van der Waals surface area contributed by atoms with Gasteiger partial charge >= 0.3 is 24.4 Å². The molecule has 1 saturated heterocycles. The molecule has 3 amide bonds. The van der Waals surface area contributed by atoms with Crippen molar-refractivity contribution in [1.29, 1.82) is 0 Å². The van der Waals surface area contributed by atoms with E-state index in [1.54, 1.807) is 0 Å². The standard InChI is InChI=1S/C34H40F6N4O6.Ni/c1-4-6-12-43(13-7-5-2)20-27(45)41-26-11-9-8-10-25(26)30(22-17-23(33(35,36)37)19-24(18-22)34(38,39)40)42-29(31(47)48)21(3)16-28(46)44-14-15-50-32(44)49;/h8-11,17-19,21,29H,4-7,12-16,20H2,1-3H3,(H2,41,42,45,47,48);/p-1/t21-,29-;/m1./s1. The molecule has 0 spiro atoms. The third-order valence-corrected chi connectivity index (χ3v) is 7.90. The summed E-state index contributed by atoms with van der Waals surface area (Å²) in [7, 11) is 0. The number of carboxylic acid groups (broad SMARTS) is 1. The average molecular weight is 772 g/mol. The zero-order valence-electron chi connectivity index (χ0n) is 28.1. The van der Waals surface area contributed by atoms with Crippen molar-refractivity contribution in [2.75, 3.05) is 32.8 Å². The van der Waals surface area contributed by atoms with E-state index < -0.39 is 77.0 Å². The van der Waals surface area contributed by atoms with Crippen LogP contribution in [0.3, 0.4) is 0 Å². The van der Waals surface area contributed by atoms with Gasteiger partial charge in [0.05, 0.1) is 29.3 Å². The van der Waals surface area contributed by atoms with E-state index in [-0.39, 0.29) is 53.5 Å². The van der Waals surface area contributed by atoms with Crippen LogP contribution >= 0.6 is 0 Å². The minimum Gasteiger partial charge on any atom is -0.625 e. The zero-order valence-corrected chi connectivity index (χ0v) is 29.1. The Morgan fingerprint density at radius 3 is 2.04 bits per heavy atom. The van der Waals surface area contributed by atoms with Crippen LogP contribution in [0.1, 0.15) is 75.1 Å². The van der Waals surface area contributed by atoms with E-state index >= 15 is 0 Å². The first kappa shape index (κ1) is 43.2. The molecule has 51 heavy (non-hydrogen) atoms. The van der Waals surface area contributed by atoms with Gasteiger partial charge in [-0.15, -0.1) is 5.69 Å². The van der Waals surface area contributed by atoms with Crippen LogP contribution in [0.4, 0.5) is 36.8 Å². The number of unbranched alkanes of at least 4 members (excludes halogenated alkanes) is 2. The average Bonchev–Trinajstić information content (AvgIpc) is 3.47. The van der Waals surface area contributed by atoms with Crippen LogP contribution in [0.15, 0.2) is 47.5 Å². The topological polar surface area (TPSA) is 131 Å². The van der Waals surface area contributed by atoms with Crippen LogP contribution in [0.2, 0.25) is 0 Å². The zero-order chi connectivity index (χ0) is 37.2. The van der Waals surface area contributed by atoms with Crippen molar-refractivity contribution in [3.63, 3.8) is 0 Å². The van der Waals surface area contributed by atoms with Gasteiger partial charge < -0.3 is 20.0 Å². The largest absolute Gasteiger partial charge is 0.625 e. The molecule has 0 saturated carbocycles. The Morgan fingerprint density at radius 1 is 0.980 bits per heavy atom. The number of hydrogen-bond donors (Lipinski definition) is 1. The first-order valence-electron chi connectivity index (χ1n) is 16.1. The van der Waals surface area contributed by atoms with Crippen molar-refractivity contribution in [1.82, 2.24) is 9.80 Å². The Bertz CT molecular complexity index is 1530. The maximum Gasteiger partial charge on any atom is 0.416 e. The van der Waals surface area contributed by atoms with Crippen LogP contribution in [0.25, 0.3) is 5.32 Å². The Kier molecular flexibility index (Phi) is 16.1. The smallest absolute Gasteiger partial charge is 0.416 e. The summed E-state index contributed by atoms with van der Waals surface area (Å²) in [4.78, 5) is 57.3. The predicted octanol–water partition coefficient (Wildman–Crippen LogP) is 7.45. The fourth-order valence-electron chi connectivity index (χ4n) is 5.24. The Hall–Kier alpha value is -3.98. The second-order valence-electron chi connectivity index (χ2n) is 11.9. The quantitative estimate of drug-likeness (QED) is 0.107. The predicted molar refractivity (Wildman–Crippen MR) is 171 cm³/mol. The van der Waals surface area contributed by atoms with E-state index in [0.717, 1.165) is 30.6 Å². The molecule has 0 bridgehead atoms. The molecule has 0 aliphatic carbocycles. The molecule has 17 heteroatoms. The molecule has 2 aromatic carbocycles. The molecule has 1 aliphatic heterocycles. The minimum atomic E-state index is -5.24. The molecule has 3 rings (SSSR count). The Morgan fingerprint density at radius 2 is 1.55 bits per heavy atom. The number of nitrogens with zero attached hydrogens (tertiary/aromatic N) is 4. The number of hydrogen-bond acceptors (Lipinski definition) is 7. The fraction of sp³-hybridized carbons (Fsp3) is 0.500. The van der Waals surface area contributed by atoms with E-state index in [1.165, 1.54) is 31.2 Å². The van der Waals surface area contributed by atoms with Gasteiger partial charge in [0.15, 0.2) is 6.04 Å². The maximum atomic E-state index is 13.9. The number of para-hydroxylation sites is 1. The van der Waals surface area contributed by atoms with E-state index in [1.807, 2.05) is 18.7 Å². The van der Waals surface area contributed by atoms with Gasteiger partial charge in [-0.1, -0.05) is 57.9 Å². The van der Waals surface area contributed by atoms with Gasteiger partial charge in [-0.05, 0) is 55.6 Å². The van der Waals surface area contributed by atoms with Gasteiger partial charge in [-0.2, -0.15) is 26.3 Å². The summed E-state index contributed by atoms with van der Waals surface area (Å²) in [5.41, 5.74) is -5.11. The summed E-state index contributed by atoms with van der Waals surface area (Å²) in [6.45, 7) is 6.19. The number of amides is 3. The molecule has 2 aromatic rings. The van der Waals surface area contributed by atoms with Crippen molar-refractivity contribution in [2.24, 2.45) is 10.9 Å². The molecule has 0 radical (unpaired) electrons. The number of carbonyl (C=O) groups is 4. The number of imide groups is 1. The van der Waals surface area contributed by atoms with Gasteiger partial charge in [-0.25, -0.2) is 14.5 Å². The second kappa shape index (κ2) is 19.0. The molecule has 284 valence electrons. The fourth-order valence-corrected chi connectivity index (χ4v) is 5.24. The summed E-state index contributed by atoms with van der Waals surface area (Å²) < 4.78 is 88.4. The molecule has 0 unspecified atom stereocenters. The normalized spacial score (nSPS) is 14.9. The van der Waals surface area contributed by atoms with E-state index in [4.69, 9.17) is 4.74 Å². The van der Waals surface area contributed by atoms with E-state index in [0.29, 0.717) is 25.2 Å². The summed E-state index contributed by atoms with van der Waals surface area (Å²) >= 11 is 0. The number of rotatable bonds is 16. The number of halogens is 6. The SMILES string of the molecule is CCCCN(CCCC)CC(=O)[N-]c1ccccc1C(=N[C@@H](C(=O)O)[C@H](C)CC(=O)N1CCOC1=O)c1cc(C(F)(F)F)cc(C(F)(F)F)c1.[Ni]. The molecular weight excluding hydrogens is 733 g/mol. The number of aliphatic carboxylic acids is 1. The number of aliphatic imine (C=N–C) groups is 1. The molecular formula is C34H39F6N4NiO6-. The number of carbonyl (C=O) groups excluding carboxylic acids is 3. The molecule has 1 N–H and O–H groups in total. The van der Waals surface area contributed by atoms with Crippen LogP contribution in [-0.2, 0) is 48.0 Å². The van der Waals surface area contributed by atoms with Crippen LogP contribution in [0.5, 0.6) is 0 Å². The molecule has 1 heterocycles. The molecule has 1 fully saturated rings. The number of cyclic esters (lactones) is 1. The summed E-state index contributed by atoms with van der Waals surface area (Å²) in [6.07, 6.45) is -8.65. The second-order valence-corrected chi connectivity index (χ2v) is 11.9.